The van der Waals surface area contributed by atoms with Crippen molar-refractivity contribution in [2.75, 3.05) is 41.7 Å². The van der Waals surface area contributed by atoms with Crippen LogP contribution in [0.3, 0.4) is 0 Å². The molecule has 10 heteroatoms. The van der Waals surface area contributed by atoms with Gasteiger partial charge in [-0.05, 0) is 38.0 Å². The van der Waals surface area contributed by atoms with Gasteiger partial charge in [0.05, 0.1) is 13.2 Å². The normalized spacial score (nSPS) is 13.0. The lowest BCUT2D eigenvalue weighted by Gasteiger charge is -2.22. The van der Waals surface area contributed by atoms with Crippen molar-refractivity contribution in [2.45, 2.75) is 38.0 Å². The molecule has 0 N–H and O–H groups in total. The third-order valence-electron chi connectivity index (χ3n) is 3.72. The zero-order chi connectivity index (χ0) is 17.1. The molecule has 0 atom stereocenters. The van der Waals surface area contributed by atoms with E-state index in [0.717, 1.165) is 24.9 Å². The molecule has 0 aromatic rings. The van der Waals surface area contributed by atoms with Crippen LogP contribution in [0.2, 0.25) is 25.2 Å². The molecular formula is C12H31O7PSi2. The van der Waals surface area contributed by atoms with Crippen LogP contribution in [0.25, 0.3) is 0 Å². The topological polar surface area (TPSA) is 72.5 Å². The fourth-order valence-corrected chi connectivity index (χ4v) is 5.14. The fraction of sp³-hybridized carbons (Fsp3) is 1.00. The Morgan fingerprint density at radius 2 is 1.05 bits per heavy atom. The summed E-state index contributed by atoms with van der Waals surface area (Å²) in [6.45, 7) is 4.74. The summed E-state index contributed by atoms with van der Waals surface area (Å²) in [7, 11) is 0.0470. The lowest BCUT2D eigenvalue weighted by atomic mass is 10.5. The van der Waals surface area contributed by atoms with Crippen LogP contribution in [0.5, 0.6) is 0 Å². The molecule has 0 aliphatic rings. The first-order valence-electron chi connectivity index (χ1n) is 7.35. The molecule has 22 heavy (non-hydrogen) atoms. The molecule has 0 aliphatic heterocycles. The maximum absolute atomic E-state index is 11.6. The highest BCUT2D eigenvalue weighted by atomic mass is 31.1. The van der Waals surface area contributed by atoms with E-state index in [4.69, 9.17) is 26.8 Å². The predicted molar refractivity (Wildman–Crippen MR) is 91.0 cm³/mol. The molecule has 0 radical (unpaired) electrons. The van der Waals surface area contributed by atoms with Crippen LogP contribution in [-0.2, 0) is 31.3 Å². The minimum absolute atomic E-state index is 0.385. The number of hydrogen-bond donors (Lipinski definition) is 0. The van der Waals surface area contributed by atoms with Crippen LogP contribution >= 0.6 is 8.25 Å². The van der Waals surface area contributed by atoms with Gasteiger partial charge in [0, 0.05) is 28.4 Å². The van der Waals surface area contributed by atoms with Crippen molar-refractivity contribution in [3.05, 3.63) is 0 Å². The van der Waals surface area contributed by atoms with Crippen LogP contribution < -0.4 is 0 Å². The standard InChI is InChI=1S/C12H31O7PSi2/c1-14-21(5,15-2)11-7-9-18-20(13)19-10-8-12-22(6,16-3)17-4/h20H,7-12H2,1-6H3. The van der Waals surface area contributed by atoms with E-state index in [1.165, 1.54) is 0 Å². The van der Waals surface area contributed by atoms with Crippen LogP contribution in [0, 0.1) is 0 Å². The van der Waals surface area contributed by atoms with E-state index in [1.807, 2.05) is 13.1 Å². The van der Waals surface area contributed by atoms with Gasteiger partial charge in [-0.15, -0.1) is 0 Å². The van der Waals surface area contributed by atoms with Gasteiger partial charge in [0.25, 0.3) is 0 Å². The van der Waals surface area contributed by atoms with Crippen molar-refractivity contribution in [3.8, 4) is 0 Å². The zero-order valence-electron chi connectivity index (χ0n) is 14.6. The second-order valence-corrected chi connectivity index (χ2v) is 13.5. The molecule has 0 rings (SSSR count). The molecule has 0 saturated carbocycles. The first kappa shape index (κ1) is 22.4. The van der Waals surface area contributed by atoms with Gasteiger partial charge in [-0.2, -0.15) is 0 Å². The van der Waals surface area contributed by atoms with Gasteiger partial charge in [0.15, 0.2) is 0 Å². The lowest BCUT2D eigenvalue weighted by Crippen LogP contribution is -2.36. The monoisotopic (exact) mass is 374 g/mol. The summed E-state index contributed by atoms with van der Waals surface area (Å²) in [6.07, 6.45) is 1.48. The minimum atomic E-state index is -2.43. The second kappa shape index (κ2) is 11.9. The number of rotatable bonds is 14. The van der Waals surface area contributed by atoms with E-state index < -0.39 is 25.4 Å². The highest BCUT2D eigenvalue weighted by molar-refractivity contribution is 7.33. The van der Waals surface area contributed by atoms with Crippen molar-refractivity contribution in [1.29, 1.82) is 0 Å². The average molecular weight is 375 g/mol. The second-order valence-electron chi connectivity index (χ2n) is 5.24. The van der Waals surface area contributed by atoms with Gasteiger partial charge in [0.2, 0.25) is 0 Å². The van der Waals surface area contributed by atoms with E-state index in [9.17, 15) is 4.57 Å². The molecule has 0 aromatic heterocycles. The van der Waals surface area contributed by atoms with Crippen molar-refractivity contribution in [3.63, 3.8) is 0 Å². The molecule has 0 fully saturated rings. The third kappa shape index (κ3) is 9.54. The molecule has 7 nitrogen and oxygen atoms in total. The van der Waals surface area contributed by atoms with Crippen LogP contribution in [0.4, 0.5) is 0 Å². The van der Waals surface area contributed by atoms with E-state index in [1.54, 1.807) is 28.4 Å². The summed E-state index contributed by atoms with van der Waals surface area (Å²) < 4.78 is 43.5. The molecular weight excluding hydrogens is 343 g/mol. The van der Waals surface area contributed by atoms with Crippen LogP contribution in [-0.4, -0.2) is 58.8 Å². The summed E-state index contributed by atoms with van der Waals surface area (Å²) in [4.78, 5) is 0. The van der Waals surface area contributed by atoms with Gasteiger partial charge in [-0.3, -0.25) is 4.57 Å². The minimum Gasteiger partial charge on any atom is -0.398 e. The first-order chi connectivity index (χ1) is 10.3. The molecule has 0 aromatic carbocycles. The Balaban J connectivity index is 3.71. The Kier molecular flexibility index (Phi) is 12.1. The first-order valence-corrected chi connectivity index (χ1v) is 13.6. The summed E-state index contributed by atoms with van der Waals surface area (Å²) >= 11 is 0. The van der Waals surface area contributed by atoms with Gasteiger partial charge in [-0.1, -0.05) is 0 Å². The molecule has 0 aliphatic carbocycles. The predicted octanol–water partition coefficient (Wildman–Crippen LogP) is 2.92. The Bertz CT molecular complexity index is 284. The van der Waals surface area contributed by atoms with E-state index >= 15 is 0 Å². The summed E-state index contributed by atoms with van der Waals surface area (Å²) in [5.41, 5.74) is 0. The highest BCUT2D eigenvalue weighted by Gasteiger charge is 2.28. The Hall–Kier alpha value is 0.424. The van der Waals surface area contributed by atoms with Crippen molar-refractivity contribution in [1.82, 2.24) is 0 Å². The molecule has 0 amide bonds. The average Bonchev–Trinajstić information content (AvgIpc) is 2.55. The quantitative estimate of drug-likeness (QED) is 0.263. The number of hydrogen-bond acceptors (Lipinski definition) is 7. The Morgan fingerprint density at radius 1 is 0.727 bits per heavy atom. The zero-order valence-corrected chi connectivity index (χ0v) is 17.6. The Labute approximate surface area is 137 Å². The lowest BCUT2D eigenvalue weighted by molar-refractivity contribution is 0.211. The van der Waals surface area contributed by atoms with E-state index in [2.05, 4.69) is 0 Å². The van der Waals surface area contributed by atoms with Crippen LogP contribution in [0.15, 0.2) is 0 Å². The molecule has 0 bridgehead atoms. The summed E-state index contributed by atoms with van der Waals surface area (Å²) in [5.74, 6) is 0. The van der Waals surface area contributed by atoms with Crippen molar-refractivity contribution in [2.24, 2.45) is 0 Å². The third-order valence-corrected chi connectivity index (χ3v) is 10.6. The molecule has 0 spiro atoms. The van der Waals surface area contributed by atoms with Gasteiger partial charge in [0.1, 0.15) is 0 Å². The van der Waals surface area contributed by atoms with Gasteiger partial charge >= 0.3 is 25.4 Å². The maximum atomic E-state index is 11.6. The smallest absolute Gasteiger partial charge is 0.334 e. The largest absolute Gasteiger partial charge is 0.398 e. The molecule has 134 valence electrons. The Morgan fingerprint density at radius 3 is 1.32 bits per heavy atom. The molecule has 0 heterocycles. The molecule has 0 saturated heterocycles. The van der Waals surface area contributed by atoms with Gasteiger partial charge < -0.3 is 26.8 Å². The summed E-state index contributed by atoms with van der Waals surface area (Å²) in [5, 5.41) is 0. The van der Waals surface area contributed by atoms with Crippen molar-refractivity contribution >= 4 is 25.4 Å². The molecule has 0 unspecified atom stereocenters. The SMILES string of the molecule is CO[Si](C)(CCCO[PH](=O)OCCC[Si](C)(OC)OC)OC. The fourth-order valence-electron chi connectivity index (χ4n) is 1.71. The highest BCUT2D eigenvalue weighted by Crippen LogP contribution is 2.26. The van der Waals surface area contributed by atoms with Gasteiger partial charge in [-0.25, -0.2) is 0 Å². The van der Waals surface area contributed by atoms with Crippen LogP contribution in [0.1, 0.15) is 12.8 Å². The summed E-state index contributed by atoms with van der Waals surface area (Å²) in [6, 6.07) is 1.58. The van der Waals surface area contributed by atoms with E-state index in [-0.39, 0.29) is 0 Å². The maximum Gasteiger partial charge on any atom is 0.334 e. The van der Waals surface area contributed by atoms with E-state index in [0.29, 0.717) is 13.2 Å². The van der Waals surface area contributed by atoms with Crippen molar-refractivity contribution < 1.29 is 31.3 Å².